The average molecular weight is 313 g/mol. The molecule has 121 valence electrons. The molecule has 1 N–H and O–H groups in total. The largest absolute Gasteiger partial charge is 0.680 e. The molecule has 0 aliphatic carbocycles. The molecule has 0 heterocycles. The van der Waals surface area contributed by atoms with E-state index in [1.807, 2.05) is 0 Å². The smallest absolute Gasteiger partial charge is 0.394 e. The van der Waals surface area contributed by atoms with Gasteiger partial charge in [0, 0.05) is 28.3 Å². The maximum atomic E-state index is 8.49. The molecule has 0 bridgehead atoms. The summed E-state index contributed by atoms with van der Waals surface area (Å²) in [6.45, 7) is 5.52. The van der Waals surface area contributed by atoms with Crippen LogP contribution in [0.2, 0.25) is 0 Å². The second-order valence-electron chi connectivity index (χ2n) is 3.48. The zero-order valence-electron chi connectivity index (χ0n) is 12.3. The highest BCUT2D eigenvalue weighted by molar-refractivity contribution is 6.53. The fourth-order valence-electron chi connectivity index (χ4n) is 1.21. The van der Waals surface area contributed by atoms with Crippen molar-refractivity contribution in [2.75, 3.05) is 61.0 Å². The molecule has 1 unspecified atom stereocenters. The molecule has 9 heteroatoms. The average Bonchev–Trinajstić information content (AvgIpc) is 2.47. The van der Waals surface area contributed by atoms with Crippen LogP contribution in [0.25, 0.3) is 0 Å². The molecule has 0 aromatic carbocycles. The molecule has 1 radical (unpaired) electrons. The molecule has 0 saturated carbocycles. The van der Waals surface area contributed by atoms with Crippen LogP contribution in [0.1, 0.15) is 0 Å². The number of aliphatic hydroxyl groups is 1. The lowest BCUT2D eigenvalue weighted by molar-refractivity contribution is -0.125. The van der Waals surface area contributed by atoms with Crippen molar-refractivity contribution in [2.45, 2.75) is 6.29 Å². The summed E-state index contributed by atoms with van der Waals surface area (Å²) in [5, 5.41) is 8.49. The van der Waals surface area contributed by atoms with E-state index in [0.717, 1.165) is 0 Å². The van der Waals surface area contributed by atoms with Gasteiger partial charge in [-0.05, 0) is 0 Å². The normalized spacial score (nSPS) is 13.7. The Labute approximate surface area is 121 Å². The number of hydrogen-bond donors (Lipinski definition) is 1. The van der Waals surface area contributed by atoms with Crippen molar-refractivity contribution in [1.29, 1.82) is 0 Å². The highest BCUT2D eigenvalue weighted by Crippen LogP contribution is 2.11. The molecule has 0 aliphatic heterocycles. The van der Waals surface area contributed by atoms with Crippen molar-refractivity contribution >= 4 is 9.05 Å². The molecule has 0 saturated heterocycles. The standard InChI is InChI=1S/C11H25O8Si/c1-11(19-20(13-2,14-3)15-4)18-10-9-17-8-7-16-6-5-12/h11-12H,1,5-10H2,2-4H3. The SMILES string of the molecule is [CH2]C(OCCOCCOCCO)O[Si](OC)(OC)OC. The van der Waals surface area contributed by atoms with Gasteiger partial charge >= 0.3 is 9.05 Å². The molecule has 0 aliphatic rings. The van der Waals surface area contributed by atoms with Gasteiger partial charge in [0.15, 0.2) is 6.29 Å². The number of hydrogen-bond acceptors (Lipinski definition) is 8. The zero-order valence-corrected chi connectivity index (χ0v) is 13.3. The van der Waals surface area contributed by atoms with Gasteiger partial charge < -0.3 is 37.0 Å². The van der Waals surface area contributed by atoms with Gasteiger partial charge in [-0.2, -0.15) is 0 Å². The van der Waals surface area contributed by atoms with Crippen molar-refractivity contribution in [1.82, 2.24) is 0 Å². The van der Waals surface area contributed by atoms with E-state index in [1.165, 1.54) is 21.3 Å². The molecular formula is C11H25O8Si. The van der Waals surface area contributed by atoms with Gasteiger partial charge in [0.05, 0.1) is 39.6 Å². The van der Waals surface area contributed by atoms with Crippen LogP contribution in [0.4, 0.5) is 0 Å². The summed E-state index contributed by atoms with van der Waals surface area (Å²) in [5.74, 6) is 0. The lowest BCUT2D eigenvalue weighted by Crippen LogP contribution is -2.49. The molecule has 0 spiro atoms. The van der Waals surface area contributed by atoms with Crippen LogP contribution in [-0.4, -0.2) is 81.4 Å². The molecule has 1 atom stereocenters. The minimum absolute atomic E-state index is 0.00771. The van der Waals surface area contributed by atoms with Crippen LogP contribution in [0.5, 0.6) is 0 Å². The summed E-state index contributed by atoms with van der Waals surface area (Å²) in [6, 6.07) is 0. The minimum Gasteiger partial charge on any atom is -0.394 e. The monoisotopic (exact) mass is 313 g/mol. The topological polar surface area (TPSA) is 84.8 Å². The molecule has 8 nitrogen and oxygen atoms in total. The van der Waals surface area contributed by atoms with Crippen molar-refractivity contribution in [3.63, 3.8) is 0 Å². The fourth-order valence-corrected chi connectivity index (χ4v) is 2.39. The van der Waals surface area contributed by atoms with Gasteiger partial charge in [-0.3, -0.25) is 0 Å². The van der Waals surface area contributed by atoms with E-state index in [4.69, 9.17) is 37.0 Å². The van der Waals surface area contributed by atoms with Gasteiger partial charge in [0.2, 0.25) is 0 Å². The summed E-state index contributed by atoms with van der Waals surface area (Å²) >= 11 is 0. The Balaban J connectivity index is 3.60. The van der Waals surface area contributed by atoms with E-state index >= 15 is 0 Å². The van der Waals surface area contributed by atoms with Crippen LogP contribution in [0, 0.1) is 6.92 Å². The van der Waals surface area contributed by atoms with Gasteiger partial charge in [-0.25, -0.2) is 0 Å². The third-order valence-corrected chi connectivity index (χ3v) is 4.22. The van der Waals surface area contributed by atoms with Gasteiger partial charge in [0.1, 0.15) is 0 Å². The molecule has 20 heavy (non-hydrogen) atoms. The summed E-state index contributed by atoms with van der Waals surface area (Å²) in [4.78, 5) is 0. The lowest BCUT2D eigenvalue weighted by Gasteiger charge is -2.26. The highest BCUT2D eigenvalue weighted by Gasteiger charge is 2.44. The summed E-state index contributed by atoms with van der Waals surface area (Å²) in [6.07, 6.45) is -0.782. The van der Waals surface area contributed by atoms with Gasteiger partial charge in [-0.15, -0.1) is 0 Å². The Morgan fingerprint density at radius 3 is 1.90 bits per heavy atom. The van der Waals surface area contributed by atoms with Crippen molar-refractivity contribution in [2.24, 2.45) is 0 Å². The van der Waals surface area contributed by atoms with E-state index in [2.05, 4.69) is 6.92 Å². The quantitative estimate of drug-likeness (QED) is 0.263. The van der Waals surface area contributed by atoms with Crippen LogP contribution in [0.15, 0.2) is 0 Å². The van der Waals surface area contributed by atoms with Crippen molar-refractivity contribution in [3.8, 4) is 0 Å². The Morgan fingerprint density at radius 2 is 1.40 bits per heavy atom. The third-order valence-electron chi connectivity index (χ3n) is 2.16. The van der Waals surface area contributed by atoms with Crippen molar-refractivity contribution < 1.29 is 37.0 Å². The minimum atomic E-state index is -3.14. The molecule has 0 aromatic rings. The first-order valence-corrected chi connectivity index (χ1v) is 7.81. The van der Waals surface area contributed by atoms with E-state index in [0.29, 0.717) is 33.0 Å². The number of rotatable bonds is 14. The highest BCUT2D eigenvalue weighted by atomic mass is 28.4. The van der Waals surface area contributed by atoms with Crippen LogP contribution < -0.4 is 0 Å². The van der Waals surface area contributed by atoms with Crippen LogP contribution >= 0.6 is 0 Å². The van der Waals surface area contributed by atoms with Crippen LogP contribution in [0.3, 0.4) is 0 Å². The Morgan fingerprint density at radius 1 is 0.900 bits per heavy atom. The number of ether oxygens (including phenoxy) is 3. The first kappa shape index (κ1) is 19.9. The zero-order chi connectivity index (χ0) is 15.3. The summed E-state index contributed by atoms with van der Waals surface area (Å²) < 4.78 is 36.1. The fraction of sp³-hybridized carbons (Fsp3) is 0.909. The van der Waals surface area contributed by atoms with E-state index in [-0.39, 0.29) is 6.61 Å². The maximum Gasteiger partial charge on any atom is 0.680 e. The van der Waals surface area contributed by atoms with E-state index in [9.17, 15) is 0 Å². The Kier molecular flexibility index (Phi) is 12.6. The van der Waals surface area contributed by atoms with Gasteiger partial charge in [0.25, 0.3) is 0 Å². The molecule has 0 aromatic heterocycles. The van der Waals surface area contributed by atoms with Crippen LogP contribution in [-0.2, 0) is 31.9 Å². The second kappa shape index (κ2) is 12.6. The molecule has 0 fully saturated rings. The first-order chi connectivity index (χ1) is 9.64. The third kappa shape index (κ3) is 8.95. The lowest BCUT2D eigenvalue weighted by atomic mass is 10.7. The summed E-state index contributed by atoms with van der Waals surface area (Å²) in [7, 11) is 1.15. The van der Waals surface area contributed by atoms with Gasteiger partial charge in [-0.1, -0.05) is 0 Å². The van der Waals surface area contributed by atoms with Crippen molar-refractivity contribution in [3.05, 3.63) is 6.92 Å². The first-order valence-electron chi connectivity index (χ1n) is 6.18. The second-order valence-corrected chi connectivity index (χ2v) is 5.94. The predicted molar refractivity (Wildman–Crippen MR) is 71.7 cm³/mol. The Bertz CT molecular complexity index is 206. The number of aliphatic hydroxyl groups excluding tert-OH is 1. The molecule has 0 amide bonds. The molecular weight excluding hydrogens is 288 g/mol. The van der Waals surface area contributed by atoms with E-state index < -0.39 is 15.3 Å². The van der Waals surface area contributed by atoms with E-state index in [1.54, 1.807) is 0 Å². The predicted octanol–water partition coefficient (Wildman–Crippen LogP) is -0.420. The molecule has 0 rings (SSSR count). The maximum absolute atomic E-state index is 8.49. The summed E-state index contributed by atoms with van der Waals surface area (Å²) in [5.41, 5.74) is 0. The Hall–Kier alpha value is -0.103.